The lowest BCUT2D eigenvalue weighted by atomic mass is 9.87. The van der Waals surface area contributed by atoms with Gasteiger partial charge in [-0.3, -0.25) is 0 Å². The zero-order valence-corrected chi connectivity index (χ0v) is 10.6. The fourth-order valence-corrected chi connectivity index (χ4v) is 2.07. The van der Waals surface area contributed by atoms with Crippen molar-refractivity contribution in [1.82, 2.24) is 0 Å². The van der Waals surface area contributed by atoms with Crippen LogP contribution in [-0.4, -0.2) is 16.8 Å². The highest BCUT2D eigenvalue weighted by atomic mass is 16.3. The van der Waals surface area contributed by atoms with Crippen molar-refractivity contribution in [3.05, 3.63) is 28.8 Å². The van der Waals surface area contributed by atoms with Crippen molar-refractivity contribution < 1.29 is 10.2 Å². The van der Waals surface area contributed by atoms with Crippen LogP contribution in [-0.2, 0) is 6.42 Å². The number of aliphatic hydroxyl groups excluding tert-OH is 1. The average Bonchev–Trinajstić information content (AvgIpc) is 2.27. The Morgan fingerprint density at radius 2 is 1.81 bits per heavy atom. The fourth-order valence-electron chi connectivity index (χ4n) is 2.07. The van der Waals surface area contributed by atoms with Crippen LogP contribution in [0.3, 0.4) is 0 Å². The van der Waals surface area contributed by atoms with Crippen LogP contribution in [0, 0.1) is 0 Å². The van der Waals surface area contributed by atoms with E-state index in [0.717, 1.165) is 23.1 Å². The summed E-state index contributed by atoms with van der Waals surface area (Å²) in [5.74, 6) is 0.722. The van der Waals surface area contributed by atoms with Gasteiger partial charge in [0.15, 0.2) is 0 Å². The Kier molecular flexibility index (Phi) is 4.36. The molecule has 0 aliphatic rings. The zero-order valence-electron chi connectivity index (χ0n) is 10.6. The van der Waals surface area contributed by atoms with Gasteiger partial charge < -0.3 is 10.2 Å². The van der Waals surface area contributed by atoms with Crippen molar-refractivity contribution in [2.45, 2.75) is 46.0 Å². The van der Waals surface area contributed by atoms with Crippen LogP contribution < -0.4 is 0 Å². The third-order valence-corrected chi connectivity index (χ3v) is 3.10. The molecule has 0 saturated carbocycles. The SMILES string of the molecule is CCc1ccc(C(C)C)c(C(C)CO)c1O. The average molecular weight is 222 g/mol. The lowest BCUT2D eigenvalue weighted by Gasteiger charge is -2.20. The molecule has 0 saturated heterocycles. The van der Waals surface area contributed by atoms with Crippen molar-refractivity contribution >= 4 is 0 Å². The molecule has 1 unspecified atom stereocenters. The molecule has 0 spiro atoms. The number of aliphatic hydroxyl groups is 1. The first-order valence-electron chi connectivity index (χ1n) is 5.98. The molecule has 0 amide bonds. The normalized spacial score (nSPS) is 13.1. The Morgan fingerprint density at radius 3 is 2.25 bits per heavy atom. The van der Waals surface area contributed by atoms with Crippen molar-refractivity contribution in [3.63, 3.8) is 0 Å². The van der Waals surface area contributed by atoms with Gasteiger partial charge in [0.1, 0.15) is 5.75 Å². The maximum Gasteiger partial charge on any atom is 0.122 e. The Bertz CT molecular complexity index is 356. The van der Waals surface area contributed by atoms with E-state index < -0.39 is 0 Å². The molecule has 1 aromatic carbocycles. The summed E-state index contributed by atoms with van der Waals surface area (Å²) in [6.45, 7) is 8.25. The van der Waals surface area contributed by atoms with Crippen LogP contribution in [0.4, 0.5) is 0 Å². The van der Waals surface area contributed by atoms with Gasteiger partial charge in [-0.15, -0.1) is 0 Å². The molecule has 0 radical (unpaired) electrons. The summed E-state index contributed by atoms with van der Waals surface area (Å²) in [6.07, 6.45) is 0.815. The molecule has 1 aromatic rings. The Labute approximate surface area is 97.9 Å². The van der Waals surface area contributed by atoms with E-state index in [2.05, 4.69) is 19.9 Å². The molecular formula is C14H22O2. The monoisotopic (exact) mass is 222 g/mol. The third-order valence-electron chi connectivity index (χ3n) is 3.10. The molecule has 90 valence electrons. The highest BCUT2D eigenvalue weighted by Crippen LogP contribution is 2.36. The number of aromatic hydroxyl groups is 1. The van der Waals surface area contributed by atoms with Gasteiger partial charge >= 0.3 is 0 Å². The van der Waals surface area contributed by atoms with Crippen molar-refractivity contribution in [2.75, 3.05) is 6.61 Å². The minimum absolute atomic E-state index is 0.0103. The van der Waals surface area contributed by atoms with Crippen molar-refractivity contribution in [1.29, 1.82) is 0 Å². The first-order valence-corrected chi connectivity index (χ1v) is 5.98. The molecule has 0 aromatic heterocycles. The van der Waals surface area contributed by atoms with Gasteiger partial charge in [-0.25, -0.2) is 0 Å². The summed E-state index contributed by atoms with van der Waals surface area (Å²) >= 11 is 0. The van der Waals surface area contributed by atoms with E-state index in [1.165, 1.54) is 0 Å². The highest BCUT2D eigenvalue weighted by molar-refractivity contribution is 5.48. The van der Waals surface area contributed by atoms with Gasteiger partial charge in [-0.05, 0) is 23.5 Å². The van der Waals surface area contributed by atoms with Gasteiger partial charge in [0.05, 0.1) is 0 Å². The lowest BCUT2D eigenvalue weighted by Crippen LogP contribution is -2.06. The third kappa shape index (κ3) is 2.38. The van der Waals surface area contributed by atoms with Crippen LogP contribution in [0.5, 0.6) is 5.75 Å². The molecule has 1 atom stereocenters. The largest absolute Gasteiger partial charge is 0.507 e. The molecule has 2 heteroatoms. The maximum absolute atomic E-state index is 10.2. The second-order valence-electron chi connectivity index (χ2n) is 4.67. The molecule has 0 aliphatic heterocycles. The summed E-state index contributed by atoms with van der Waals surface area (Å²) < 4.78 is 0. The number of phenols is 1. The van der Waals surface area contributed by atoms with E-state index in [-0.39, 0.29) is 12.5 Å². The zero-order chi connectivity index (χ0) is 12.3. The van der Waals surface area contributed by atoms with Crippen LogP contribution in [0.1, 0.15) is 56.2 Å². The molecular weight excluding hydrogens is 200 g/mol. The predicted octanol–water partition coefficient (Wildman–Crippen LogP) is 3.17. The van der Waals surface area contributed by atoms with Crippen LogP contribution in [0.15, 0.2) is 12.1 Å². The minimum Gasteiger partial charge on any atom is -0.507 e. The molecule has 0 heterocycles. The maximum atomic E-state index is 10.2. The van der Waals surface area contributed by atoms with Gasteiger partial charge in [-0.2, -0.15) is 0 Å². The fraction of sp³-hybridized carbons (Fsp3) is 0.571. The molecule has 0 aliphatic carbocycles. The highest BCUT2D eigenvalue weighted by Gasteiger charge is 2.18. The Morgan fingerprint density at radius 1 is 1.19 bits per heavy atom. The number of hydrogen-bond acceptors (Lipinski definition) is 2. The number of rotatable bonds is 4. The van der Waals surface area contributed by atoms with Gasteiger partial charge in [0, 0.05) is 18.1 Å². The van der Waals surface area contributed by atoms with Crippen LogP contribution >= 0.6 is 0 Å². The number of phenolic OH excluding ortho intramolecular Hbond substituents is 1. The summed E-state index contributed by atoms with van der Waals surface area (Å²) in [5.41, 5.74) is 3.01. The summed E-state index contributed by atoms with van der Waals surface area (Å²) in [5, 5.41) is 19.5. The molecule has 2 nitrogen and oxygen atoms in total. The number of benzene rings is 1. The second-order valence-corrected chi connectivity index (χ2v) is 4.67. The van der Waals surface area contributed by atoms with Crippen molar-refractivity contribution in [2.24, 2.45) is 0 Å². The molecule has 0 bridgehead atoms. The minimum atomic E-state index is -0.0103. The summed E-state index contributed by atoms with van der Waals surface area (Å²) in [6, 6.07) is 4.06. The molecule has 0 fully saturated rings. The molecule has 16 heavy (non-hydrogen) atoms. The van der Waals surface area contributed by atoms with Gasteiger partial charge in [0.2, 0.25) is 0 Å². The predicted molar refractivity (Wildman–Crippen MR) is 67.1 cm³/mol. The van der Waals surface area contributed by atoms with E-state index in [1.807, 2.05) is 19.9 Å². The van der Waals surface area contributed by atoms with Crippen LogP contribution in [0.2, 0.25) is 0 Å². The van der Waals surface area contributed by atoms with E-state index in [9.17, 15) is 10.2 Å². The van der Waals surface area contributed by atoms with Crippen LogP contribution in [0.25, 0.3) is 0 Å². The smallest absolute Gasteiger partial charge is 0.122 e. The number of aryl methyl sites for hydroxylation is 1. The summed E-state index contributed by atoms with van der Waals surface area (Å²) in [4.78, 5) is 0. The van der Waals surface area contributed by atoms with E-state index in [0.29, 0.717) is 11.7 Å². The topological polar surface area (TPSA) is 40.5 Å². The van der Waals surface area contributed by atoms with E-state index in [1.54, 1.807) is 0 Å². The standard InChI is InChI=1S/C14H22O2/c1-5-11-6-7-12(9(2)3)13(14(11)16)10(4)8-15/h6-7,9-10,15-16H,5,8H2,1-4H3. The Hall–Kier alpha value is -1.02. The lowest BCUT2D eigenvalue weighted by molar-refractivity contribution is 0.269. The quantitative estimate of drug-likeness (QED) is 0.821. The summed E-state index contributed by atoms with van der Waals surface area (Å²) in [7, 11) is 0. The molecule has 1 rings (SSSR count). The second kappa shape index (κ2) is 5.35. The first-order chi connectivity index (χ1) is 7.52. The van der Waals surface area contributed by atoms with E-state index in [4.69, 9.17) is 0 Å². The Balaban J connectivity index is 3.36. The number of hydrogen-bond donors (Lipinski definition) is 2. The van der Waals surface area contributed by atoms with Gasteiger partial charge in [0.25, 0.3) is 0 Å². The van der Waals surface area contributed by atoms with E-state index >= 15 is 0 Å². The first kappa shape index (κ1) is 13.0. The van der Waals surface area contributed by atoms with Gasteiger partial charge in [-0.1, -0.05) is 39.8 Å². The molecule has 2 N–H and O–H groups in total. The van der Waals surface area contributed by atoms with Crippen molar-refractivity contribution in [3.8, 4) is 5.75 Å².